The number of hydrogen-bond donors (Lipinski definition) is 1. The summed E-state index contributed by atoms with van der Waals surface area (Å²) in [6.07, 6.45) is 1.57. The number of hydrogen-bond acceptors (Lipinski definition) is 5. The van der Waals surface area contributed by atoms with Gasteiger partial charge in [0, 0.05) is 23.7 Å². The molecule has 0 aliphatic rings. The van der Waals surface area contributed by atoms with Crippen LogP contribution in [-0.2, 0) is 17.8 Å². The molecule has 9 heteroatoms. The van der Waals surface area contributed by atoms with Gasteiger partial charge in [-0.15, -0.1) is 21.5 Å². The van der Waals surface area contributed by atoms with Crippen molar-refractivity contribution in [2.45, 2.75) is 13.1 Å². The molecule has 0 aliphatic carbocycles. The van der Waals surface area contributed by atoms with Gasteiger partial charge in [0.1, 0.15) is 17.0 Å². The molecule has 0 saturated carbocycles. The minimum atomic E-state index is -0.438. The molecular formula is C15H14ClFN4O2S. The molecule has 24 heavy (non-hydrogen) atoms. The Balaban J connectivity index is 1.75. The van der Waals surface area contributed by atoms with E-state index < -0.39 is 5.82 Å². The Bertz CT molecular complexity index is 880. The number of halogens is 2. The van der Waals surface area contributed by atoms with E-state index in [1.54, 1.807) is 30.1 Å². The van der Waals surface area contributed by atoms with Crippen molar-refractivity contribution in [2.75, 3.05) is 13.7 Å². The highest BCUT2D eigenvalue weighted by Gasteiger charge is 2.19. The molecule has 0 radical (unpaired) electrons. The second kappa shape index (κ2) is 7.25. The number of carbonyl (C=O) groups excluding carboxylic acids is 1. The number of amides is 1. The van der Waals surface area contributed by atoms with Crippen LogP contribution in [0, 0.1) is 5.82 Å². The topological polar surface area (TPSA) is 69.0 Å². The predicted octanol–water partition coefficient (Wildman–Crippen LogP) is 2.86. The number of ether oxygens (including phenoxy) is 1. The number of benzene rings is 1. The molecule has 0 saturated heterocycles. The lowest BCUT2D eigenvalue weighted by Gasteiger charge is -2.07. The van der Waals surface area contributed by atoms with Gasteiger partial charge in [0.25, 0.3) is 5.91 Å². The zero-order chi connectivity index (χ0) is 17.1. The van der Waals surface area contributed by atoms with Gasteiger partial charge in [-0.3, -0.25) is 4.79 Å². The van der Waals surface area contributed by atoms with Crippen molar-refractivity contribution < 1.29 is 13.9 Å². The average Bonchev–Trinajstić information content (AvgIpc) is 3.15. The maximum absolute atomic E-state index is 13.9. The number of methoxy groups -OCH3 is 1. The van der Waals surface area contributed by atoms with E-state index in [1.807, 2.05) is 0 Å². The summed E-state index contributed by atoms with van der Waals surface area (Å²) in [6.45, 7) is 1.29. The van der Waals surface area contributed by atoms with Crippen molar-refractivity contribution in [3.63, 3.8) is 0 Å². The summed E-state index contributed by atoms with van der Waals surface area (Å²) in [5, 5.41) is 10.9. The molecule has 0 fully saturated rings. The molecule has 2 heterocycles. The summed E-state index contributed by atoms with van der Waals surface area (Å²) in [5.41, 5.74) is 0. The number of carbonyl (C=O) groups is 1. The lowest BCUT2D eigenvalue weighted by Crippen LogP contribution is -2.24. The Morgan fingerprint density at radius 3 is 3.08 bits per heavy atom. The number of nitrogens with zero attached hydrogens (tertiary/aromatic N) is 3. The molecular weight excluding hydrogens is 355 g/mol. The van der Waals surface area contributed by atoms with Crippen molar-refractivity contribution in [2.24, 2.45) is 0 Å². The van der Waals surface area contributed by atoms with E-state index in [-0.39, 0.29) is 27.7 Å². The van der Waals surface area contributed by atoms with Gasteiger partial charge in [-0.05, 0) is 12.1 Å². The second-order valence-corrected chi connectivity index (χ2v) is 6.40. The zero-order valence-corrected chi connectivity index (χ0v) is 14.3. The Kier molecular flexibility index (Phi) is 5.08. The second-order valence-electron chi connectivity index (χ2n) is 4.97. The van der Waals surface area contributed by atoms with Gasteiger partial charge in [-0.2, -0.15) is 0 Å². The van der Waals surface area contributed by atoms with Crippen LogP contribution in [-0.4, -0.2) is 34.4 Å². The molecule has 0 bridgehead atoms. The Labute approximate surface area is 146 Å². The molecule has 0 atom stereocenters. The Morgan fingerprint density at radius 2 is 2.33 bits per heavy atom. The fourth-order valence-corrected chi connectivity index (χ4v) is 3.72. The van der Waals surface area contributed by atoms with Crippen molar-refractivity contribution in [3.8, 4) is 0 Å². The van der Waals surface area contributed by atoms with Crippen molar-refractivity contribution >= 4 is 38.9 Å². The molecule has 1 N–H and O–H groups in total. The van der Waals surface area contributed by atoms with E-state index in [0.717, 1.165) is 11.3 Å². The van der Waals surface area contributed by atoms with Gasteiger partial charge in [-0.1, -0.05) is 17.7 Å². The first kappa shape index (κ1) is 16.8. The molecule has 0 unspecified atom stereocenters. The fraction of sp³-hybridized carbons (Fsp3) is 0.267. The van der Waals surface area contributed by atoms with E-state index in [2.05, 4.69) is 15.5 Å². The maximum atomic E-state index is 13.9. The van der Waals surface area contributed by atoms with Crippen LogP contribution in [0.15, 0.2) is 24.5 Å². The molecule has 1 aromatic carbocycles. The summed E-state index contributed by atoms with van der Waals surface area (Å²) in [6, 6.07) is 4.64. The van der Waals surface area contributed by atoms with Gasteiger partial charge < -0.3 is 14.6 Å². The minimum Gasteiger partial charge on any atom is -0.383 e. The van der Waals surface area contributed by atoms with Crippen LogP contribution in [0.4, 0.5) is 4.39 Å². The quantitative estimate of drug-likeness (QED) is 0.726. The van der Waals surface area contributed by atoms with Crippen LogP contribution in [0.3, 0.4) is 0 Å². The minimum absolute atomic E-state index is 0.131. The van der Waals surface area contributed by atoms with Crippen LogP contribution in [0.25, 0.3) is 10.1 Å². The van der Waals surface area contributed by atoms with Crippen LogP contribution < -0.4 is 5.32 Å². The summed E-state index contributed by atoms with van der Waals surface area (Å²) in [5.74, 6) is -0.210. The van der Waals surface area contributed by atoms with E-state index in [1.165, 1.54) is 6.07 Å². The summed E-state index contributed by atoms with van der Waals surface area (Å²) < 4.78 is 21.3. The third-order valence-corrected chi connectivity index (χ3v) is 5.10. The van der Waals surface area contributed by atoms with Crippen molar-refractivity contribution in [1.29, 1.82) is 0 Å². The lowest BCUT2D eigenvalue weighted by molar-refractivity contribution is 0.0953. The maximum Gasteiger partial charge on any atom is 0.263 e. The molecule has 126 valence electrons. The first-order chi connectivity index (χ1) is 11.6. The third kappa shape index (κ3) is 3.26. The largest absolute Gasteiger partial charge is 0.383 e. The van der Waals surface area contributed by atoms with Crippen LogP contribution in [0.5, 0.6) is 0 Å². The number of fused-ring (bicyclic) bond motifs is 1. The number of thiophene rings is 1. The number of rotatable bonds is 6. The predicted molar refractivity (Wildman–Crippen MR) is 89.9 cm³/mol. The Hall–Kier alpha value is -2.03. The van der Waals surface area contributed by atoms with Gasteiger partial charge in [-0.25, -0.2) is 4.39 Å². The van der Waals surface area contributed by atoms with E-state index in [4.69, 9.17) is 16.3 Å². The molecule has 3 aromatic rings. The third-order valence-electron chi connectivity index (χ3n) is 3.45. The van der Waals surface area contributed by atoms with E-state index in [9.17, 15) is 9.18 Å². The fourth-order valence-electron chi connectivity index (χ4n) is 2.25. The standard InChI is InChI=1S/C15H14ClFN4O2S/c1-23-6-5-21-8-19-20-11(21)7-18-15(22)14-13(16)12-9(17)3-2-4-10(12)24-14/h2-4,8H,5-7H2,1H3,(H,18,22). The molecule has 2 aromatic heterocycles. The smallest absolute Gasteiger partial charge is 0.263 e. The van der Waals surface area contributed by atoms with Gasteiger partial charge in [0.2, 0.25) is 0 Å². The zero-order valence-electron chi connectivity index (χ0n) is 12.8. The van der Waals surface area contributed by atoms with Crippen molar-refractivity contribution in [3.05, 3.63) is 46.1 Å². The van der Waals surface area contributed by atoms with Crippen LogP contribution in [0.2, 0.25) is 5.02 Å². The molecule has 3 rings (SSSR count). The van der Waals surface area contributed by atoms with Crippen molar-refractivity contribution in [1.82, 2.24) is 20.1 Å². The van der Waals surface area contributed by atoms with E-state index in [0.29, 0.717) is 23.7 Å². The van der Waals surface area contributed by atoms with Crippen LogP contribution >= 0.6 is 22.9 Å². The van der Waals surface area contributed by atoms with Crippen LogP contribution in [0.1, 0.15) is 15.5 Å². The number of aromatic nitrogens is 3. The summed E-state index contributed by atoms with van der Waals surface area (Å²) in [7, 11) is 1.61. The Morgan fingerprint density at radius 1 is 1.50 bits per heavy atom. The normalized spacial score (nSPS) is 11.1. The average molecular weight is 369 g/mol. The summed E-state index contributed by atoms with van der Waals surface area (Å²) in [4.78, 5) is 12.7. The van der Waals surface area contributed by atoms with Gasteiger partial charge in [0.15, 0.2) is 5.82 Å². The summed E-state index contributed by atoms with van der Waals surface area (Å²) >= 11 is 7.33. The monoisotopic (exact) mass is 368 g/mol. The first-order valence-electron chi connectivity index (χ1n) is 7.12. The lowest BCUT2D eigenvalue weighted by atomic mass is 10.2. The van der Waals surface area contributed by atoms with Gasteiger partial charge in [0.05, 0.1) is 18.2 Å². The SMILES string of the molecule is COCCn1cnnc1CNC(=O)c1sc2cccc(F)c2c1Cl. The molecule has 0 aliphatic heterocycles. The highest BCUT2D eigenvalue weighted by Crippen LogP contribution is 2.36. The highest BCUT2D eigenvalue weighted by molar-refractivity contribution is 7.21. The number of nitrogens with one attached hydrogen (secondary N) is 1. The van der Waals surface area contributed by atoms with Gasteiger partial charge >= 0.3 is 0 Å². The highest BCUT2D eigenvalue weighted by atomic mass is 35.5. The first-order valence-corrected chi connectivity index (χ1v) is 8.31. The molecule has 6 nitrogen and oxygen atoms in total. The molecule has 0 spiro atoms. The van der Waals surface area contributed by atoms with E-state index >= 15 is 0 Å². The molecule has 1 amide bonds.